The van der Waals surface area contributed by atoms with Crippen LogP contribution in [-0.4, -0.2) is 15.9 Å². The van der Waals surface area contributed by atoms with Gasteiger partial charge >= 0.3 is 0 Å². The number of hydrogen-bond acceptors (Lipinski definition) is 5. The van der Waals surface area contributed by atoms with Crippen molar-refractivity contribution < 1.29 is 4.79 Å². The molecule has 0 radical (unpaired) electrons. The predicted molar refractivity (Wildman–Crippen MR) is 98.0 cm³/mol. The first kappa shape index (κ1) is 16.6. The van der Waals surface area contributed by atoms with Gasteiger partial charge in [0.1, 0.15) is 5.82 Å². The maximum atomic E-state index is 12.5. The molecule has 1 amide bonds. The molecule has 0 aliphatic heterocycles. The van der Waals surface area contributed by atoms with Crippen molar-refractivity contribution in [2.75, 3.05) is 11.1 Å². The summed E-state index contributed by atoms with van der Waals surface area (Å²) in [5, 5.41) is 2.79. The Kier molecular flexibility index (Phi) is 5.01. The fraction of sp³-hybridized carbons (Fsp3) is 0.105. The highest BCUT2D eigenvalue weighted by molar-refractivity contribution is 6.07. The van der Waals surface area contributed by atoms with Gasteiger partial charge in [0, 0.05) is 30.8 Å². The maximum absolute atomic E-state index is 12.5. The van der Waals surface area contributed by atoms with Crippen molar-refractivity contribution in [1.29, 1.82) is 0 Å². The van der Waals surface area contributed by atoms with E-state index >= 15 is 0 Å². The van der Waals surface area contributed by atoms with Crippen LogP contribution >= 0.6 is 0 Å². The Hall–Kier alpha value is -3.25. The van der Waals surface area contributed by atoms with Gasteiger partial charge in [-0.2, -0.15) is 0 Å². The van der Waals surface area contributed by atoms with Crippen LogP contribution in [0.4, 0.5) is 11.5 Å². The number of nitrogens with zero attached hydrogens (tertiary/aromatic N) is 2. The van der Waals surface area contributed by atoms with Crippen LogP contribution in [0.25, 0.3) is 0 Å². The fourth-order valence-corrected chi connectivity index (χ4v) is 2.53. The summed E-state index contributed by atoms with van der Waals surface area (Å²) in [4.78, 5) is 20.6. The number of carbonyl (C=O) groups is 1. The molecule has 3 rings (SSSR count). The molecule has 0 unspecified atom stereocenters. The van der Waals surface area contributed by atoms with Gasteiger partial charge in [0.25, 0.3) is 5.91 Å². The number of anilines is 2. The van der Waals surface area contributed by atoms with Crippen LogP contribution in [0.2, 0.25) is 0 Å². The van der Waals surface area contributed by atoms with Crippen LogP contribution in [0.15, 0.2) is 61.1 Å². The first-order valence-corrected chi connectivity index (χ1v) is 7.89. The van der Waals surface area contributed by atoms with Crippen molar-refractivity contribution >= 4 is 17.4 Å². The number of aromatic nitrogens is 2. The molecule has 5 N–H and O–H groups in total. The highest BCUT2D eigenvalue weighted by atomic mass is 16.1. The summed E-state index contributed by atoms with van der Waals surface area (Å²) in [5.74, 6) is -0.0974. The third-order valence-corrected chi connectivity index (χ3v) is 3.79. The molecule has 0 aliphatic rings. The minimum Gasteiger partial charge on any atom is -0.383 e. The largest absolute Gasteiger partial charge is 0.383 e. The number of hydrogen-bond donors (Lipinski definition) is 3. The number of nitrogens with one attached hydrogen (secondary N) is 1. The molecule has 1 aromatic carbocycles. The molecule has 25 heavy (non-hydrogen) atoms. The second kappa shape index (κ2) is 7.55. The molecule has 6 heteroatoms. The smallest absolute Gasteiger partial charge is 0.259 e. The highest BCUT2D eigenvalue weighted by Crippen LogP contribution is 2.17. The van der Waals surface area contributed by atoms with Gasteiger partial charge in [-0.25, -0.2) is 4.98 Å². The minimum atomic E-state index is -0.297. The van der Waals surface area contributed by atoms with E-state index < -0.39 is 0 Å². The van der Waals surface area contributed by atoms with Gasteiger partial charge in [0.05, 0.1) is 5.56 Å². The van der Waals surface area contributed by atoms with E-state index in [4.69, 9.17) is 11.5 Å². The van der Waals surface area contributed by atoms with E-state index in [9.17, 15) is 4.79 Å². The summed E-state index contributed by atoms with van der Waals surface area (Å²) in [7, 11) is 0. The lowest BCUT2D eigenvalue weighted by atomic mass is 10.0. The molecule has 2 aromatic heterocycles. The fourth-order valence-electron chi connectivity index (χ4n) is 2.53. The van der Waals surface area contributed by atoms with Crippen LogP contribution in [-0.2, 0) is 13.0 Å². The highest BCUT2D eigenvalue weighted by Gasteiger charge is 2.12. The van der Waals surface area contributed by atoms with Crippen LogP contribution < -0.4 is 16.8 Å². The Morgan fingerprint density at radius 1 is 1.04 bits per heavy atom. The van der Waals surface area contributed by atoms with Crippen molar-refractivity contribution in [2.45, 2.75) is 13.0 Å². The Morgan fingerprint density at radius 2 is 1.80 bits per heavy atom. The zero-order valence-corrected chi connectivity index (χ0v) is 13.6. The summed E-state index contributed by atoms with van der Waals surface area (Å²) >= 11 is 0. The lowest BCUT2D eigenvalue weighted by molar-refractivity contribution is 0.102. The van der Waals surface area contributed by atoms with Gasteiger partial charge in [-0.05, 0) is 41.3 Å². The Balaban J connectivity index is 1.81. The number of amides is 1. The van der Waals surface area contributed by atoms with Gasteiger partial charge in [-0.1, -0.05) is 24.3 Å². The molecule has 3 aromatic rings. The normalized spacial score (nSPS) is 10.4. The molecule has 126 valence electrons. The average molecular weight is 333 g/mol. The van der Waals surface area contributed by atoms with Crippen molar-refractivity contribution in [3.63, 3.8) is 0 Å². The zero-order valence-electron chi connectivity index (χ0n) is 13.6. The Bertz CT molecular complexity index is 880. The Morgan fingerprint density at radius 3 is 2.56 bits per heavy atom. The number of carbonyl (C=O) groups excluding carboxylic acids is 1. The molecular formula is C19H19N5O. The SMILES string of the molecule is NCc1cccc(Cc2cnc(N)c(C(=O)Nc3ccncc3)c2)c1. The van der Waals surface area contributed by atoms with Crippen LogP contribution in [0.3, 0.4) is 0 Å². The number of benzene rings is 1. The van der Waals surface area contributed by atoms with E-state index in [1.165, 1.54) is 0 Å². The van der Waals surface area contributed by atoms with E-state index in [-0.39, 0.29) is 11.7 Å². The number of nitrogens with two attached hydrogens (primary N) is 2. The summed E-state index contributed by atoms with van der Waals surface area (Å²) < 4.78 is 0. The molecular weight excluding hydrogens is 314 g/mol. The quantitative estimate of drug-likeness (QED) is 0.664. The summed E-state index contributed by atoms with van der Waals surface area (Å²) in [6.45, 7) is 0.493. The van der Waals surface area contributed by atoms with E-state index in [2.05, 4.69) is 15.3 Å². The number of rotatable bonds is 5. The first-order chi connectivity index (χ1) is 12.2. The molecule has 0 aliphatic carbocycles. The van der Waals surface area contributed by atoms with E-state index in [1.807, 2.05) is 24.3 Å². The maximum Gasteiger partial charge on any atom is 0.259 e. The minimum absolute atomic E-state index is 0.200. The number of nitrogen functional groups attached to an aromatic ring is 1. The van der Waals surface area contributed by atoms with Gasteiger partial charge in [-0.15, -0.1) is 0 Å². The summed E-state index contributed by atoms with van der Waals surface area (Å²) in [6, 6.07) is 13.2. The van der Waals surface area contributed by atoms with Crippen LogP contribution in [0, 0.1) is 0 Å². The van der Waals surface area contributed by atoms with Crippen molar-refractivity contribution in [2.24, 2.45) is 5.73 Å². The molecule has 6 nitrogen and oxygen atoms in total. The van der Waals surface area contributed by atoms with Gasteiger partial charge in [0.2, 0.25) is 0 Å². The van der Waals surface area contributed by atoms with E-state index in [1.54, 1.807) is 36.8 Å². The topological polar surface area (TPSA) is 107 Å². The molecule has 0 fully saturated rings. The lowest BCUT2D eigenvalue weighted by Gasteiger charge is -2.09. The summed E-state index contributed by atoms with van der Waals surface area (Å²) in [6.07, 6.45) is 5.56. The van der Waals surface area contributed by atoms with Crippen molar-refractivity contribution in [3.05, 3.63) is 83.3 Å². The van der Waals surface area contributed by atoms with Crippen LogP contribution in [0.1, 0.15) is 27.0 Å². The second-order valence-corrected chi connectivity index (χ2v) is 5.67. The first-order valence-electron chi connectivity index (χ1n) is 7.89. The van der Waals surface area contributed by atoms with Gasteiger partial charge in [0.15, 0.2) is 0 Å². The van der Waals surface area contributed by atoms with Gasteiger partial charge in [-0.3, -0.25) is 9.78 Å². The van der Waals surface area contributed by atoms with Crippen molar-refractivity contribution in [3.8, 4) is 0 Å². The molecule has 0 atom stereocenters. The van der Waals surface area contributed by atoms with E-state index in [0.717, 1.165) is 16.7 Å². The molecule has 2 heterocycles. The number of pyridine rings is 2. The molecule has 0 bridgehead atoms. The third kappa shape index (κ3) is 4.19. The monoisotopic (exact) mass is 333 g/mol. The second-order valence-electron chi connectivity index (χ2n) is 5.67. The predicted octanol–water partition coefficient (Wildman–Crippen LogP) is 2.36. The summed E-state index contributed by atoms with van der Waals surface area (Å²) in [5.41, 5.74) is 15.6. The van der Waals surface area contributed by atoms with Gasteiger partial charge < -0.3 is 16.8 Å². The third-order valence-electron chi connectivity index (χ3n) is 3.79. The van der Waals surface area contributed by atoms with Crippen LogP contribution in [0.5, 0.6) is 0 Å². The zero-order chi connectivity index (χ0) is 17.6. The molecule has 0 saturated heterocycles. The Labute approximate surface area is 145 Å². The van der Waals surface area contributed by atoms with Crippen molar-refractivity contribution in [1.82, 2.24) is 9.97 Å². The average Bonchev–Trinajstić information content (AvgIpc) is 2.64. The molecule has 0 spiro atoms. The lowest BCUT2D eigenvalue weighted by Crippen LogP contribution is -2.15. The standard InChI is InChI=1S/C19H19N5O/c20-11-14-3-1-2-13(8-14)9-15-10-17(18(21)23-12-15)19(25)24-16-4-6-22-7-5-16/h1-8,10,12H,9,11,20H2,(H2,21,23)(H,22,24,25). The molecule has 0 saturated carbocycles. The van der Waals surface area contributed by atoms with E-state index in [0.29, 0.717) is 24.2 Å².